The van der Waals surface area contributed by atoms with E-state index in [0.29, 0.717) is 4.47 Å². The highest BCUT2D eigenvalue weighted by molar-refractivity contribution is 9.10. The maximum absolute atomic E-state index is 10.6. The monoisotopic (exact) mass is 259 g/mol. The number of carbonyl (C=O) groups is 1. The third-order valence-electron chi connectivity index (χ3n) is 1.83. The third kappa shape index (κ3) is 2.05. The Hall–Kier alpha value is -1.07. The fourth-order valence-corrected chi connectivity index (χ4v) is 1.98. The van der Waals surface area contributed by atoms with Gasteiger partial charge in [-0.25, -0.2) is 0 Å². The predicted molar refractivity (Wildman–Crippen MR) is 55.1 cm³/mol. The quantitative estimate of drug-likeness (QED) is 0.753. The van der Waals surface area contributed by atoms with E-state index in [1.165, 1.54) is 6.07 Å². The lowest BCUT2D eigenvalue weighted by Gasteiger charge is -2.12. The molecule has 0 spiro atoms. The minimum Gasteiger partial charge on any atom is -0.508 e. The summed E-state index contributed by atoms with van der Waals surface area (Å²) in [6.45, 7) is 1.79. The van der Waals surface area contributed by atoms with E-state index in [1.807, 2.05) is 0 Å². The van der Waals surface area contributed by atoms with Gasteiger partial charge >= 0.3 is 5.97 Å². The summed E-state index contributed by atoms with van der Waals surface area (Å²) in [7, 11) is 0. The van der Waals surface area contributed by atoms with Crippen molar-refractivity contribution in [3.05, 3.63) is 27.7 Å². The fraction of sp³-hybridized carbons (Fsp3) is 0.222. The number of phenols is 1. The van der Waals surface area contributed by atoms with Gasteiger partial charge in [-0.05, 0) is 24.6 Å². The molecule has 14 heavy (non-hydrogen) atoms. The lowest BCUT2D eigenvalue weighted by molar-refractivity contribution is -0.138. The zero-order chi connectivity index (χ0) is 10.9. The highest BCUT2D eigenvalue weighted by Gasteiger charge is 2.21. The Balaban J connectivity index is 3.27. The first-order valence-electron chi connectivity index (χ1n) is 3.91. The summed E-state index contributed by atoms with van der Waals surface area (Å²) in [6.07, 6.45) is 0. The first-order chi connectivity index (χ1) is 6.43. The zero-order valence-corrected chi connectivity index (χ0v) is 9.08. The van der Waals surface area contributed by atoms with Gasteiger partial charge < -0.3 is 15.9 Å². The van der Waals surface area contributed by atoms with E-state index in [-0.39, 0.29) is 11.3 Å². The summed E-state index contributed by atoms with van der Waals surface area (Å²) < 4.78 is 0.505. The van der Waals surface area contributed by atoms with Crippen LogP contribution in [-0.4, -0.2) is 16.2 Å². The van der Waals surface area contributed by atoms with Gasteiger partial charge in [0.25, 0.3) is 0 Å². The van der Waals surface area contributed by atoms with Crippen LogP contribution >= 0.6 is 15.9 Å². The van der Waals surface area contributed by atoms with E-state index in [4.69, 9.17) is 10.8 Å². The molecule has 1 atom stereocenters. The van der Waals surface area contributed by atoms with Gasteiger partial charge in [0.2, 0.25) is 0 Å². The van der Waals surface area contributed by atoms with E-state index >= 15 is 0 Å². The second-order valence-corrected chi connectivity index (χ2v) is 3.85. The summed E-state index contributed by atoms with van der Waals surface area (Å²) in [5.74, 6) is -1.28. The van der Waals surface area contributed by atoms with Gasteiger partial charge in [0.1, 0.15) is 11.8 Å². The van der Waals surface area contributed by atoms with Crippen LogP contribution in [0.1, 0.15) is 17.2 Å². The Bertz CT molecular complexity index is 355. The molecule has 0 aliphatic rings. The molecular formula is C9H10BrNO3. The van der Waals surface area contributed by atoms with Gasteiger partial charge in [0.15, 0.2) is 0 Å². The van der Waals surface area contributed by atoms with Gasteiger partial charge in [-0.2, -0.15) is 0 Å². The molecular weight excluding hydrogens is 250 g/mol. The zero-order valence-electron chi connectivity index (χ0n) is 7.49. The van der Waals surface area contributed by atoms with Crippen molar-refractivity contribution in [2.75, 3.05) is 0 Å². The maximum atomic E-state index is 10.6. The SMILES string of the molecule is Cc1cc(O)c(C(N)C(=O)O)c(Br)c1. The molecule has 5 heteroatoms. The van der Waals surface area contributed by atoms with Crippen LogP contribution in [-0.2, 0) is 4.79 Å². The van der Waals surface area contributed by atoms with Crippen LogP contribution in [0.2, 0.25) is 0 Å². The first-order valence-corrected chi connectivity index (χ1v) is 4.70. The predicted octanol–water partition coefficient (Wildman–Crippen LogP) is 1.55. The fourth-order valence-electron chi connectivity index (χ4n) is 1.17. The molecule has 0 aromatic heterocycles. The van der Waals surface area contributed by atoms with Crippen molar-refractivity contribution in [3.63, 3.8) is 0 Å². The number of halogens is 1. The van der Waals surface area contributed by atoms with E-state index in [0.717, 1.165) is 5.56 Å². The summed E-state index contributed by atoms with van der Waals surface area (Å²) in [5, 5.41) is 18.2. The lowest BCUT2D eigenvalue weighted by Crippen LogP contribution is -2.21. The number of nitrogens with two attached hydrogens (primary N) is 1. The molecule has 0 saturated carbocycles. The number of benzene rings is 1. The summed E-state index contributed by atoms with van der Waals surface area (Å²) in [4.78, 5) is 10.6. The Labute approximate surface area is 89.5 Å². The lowest BCUT2D eigenvalue weighted by atomic mass is 10.0. The number of hydrogen-bond donors (Lipinski definition) is 3. The van der Waals surface area contributed by atoms with Crippen molar-refractivity contribution < 1.29 is 15.0 Å². The van der Waals surface area contributed by atoms with Gasteiger partial charge in [-0.1, -0.05) is 15.9 Å². The molecule has 0 heterocycles. The molecule has 0 bridgehead atoms. The minimum absolute atomic E-state index is 0.105. The number of aliphatic carboxylic acids is 1. The first kappa shape index (κ1) is 11.0. The molecule has 4 N–H and O–H groups in total. The Kier molecular flexibility index (Phi) is 3.13. The average molecular weight is 260 g/mol. The smallest absolute Gasteiger partial charge is 0.325 e. The van der Waals surface area contributed by atoms with Gasteiger partial charge in [0.05, 0.1) is 0 Å². The number of rotatable bonds is 2. The summed E-state index contributed by atoms with van der Waals surface area (Å²) in [6, 6.07) is 1.96. The van der Waals surface area contributed by atoms with Crippen LogP contribution in [0.25, 0.3) is 0 Å². The van der Waals surface area contributed by atoms with E-state index < -0.39 is 12.0 Å². The minimum atomic E-state index is -1.22. The number of aromatic hydroxyl groups is 1. The highest BCUT2D eigenvalue weighted by Crippen LogP contribution is 2.32. The second kappa shape index (κ2) is 3.98. The van der Waals surface area contributed by atoms with Crippen molar-refractivity contribution in [2.24, 2.45) is 5.73 Å². The number of carboxylic acids is 1. The van der Waals surface area contributed by atoms with Crippen molar-refractivity contribution in [1.82, 2.24) is 0 Å². The number of phenolic OH excluding ortho intramolecular Hbond substituents is 1. The van der Waals surface area contributed by atoms with Crippen LogP contribution in [0.5, 0.6) is 5.75 Å². The van der Waals surface area contributed by atoms with Crippen molar-refractivity contribution in [3.8, 4) is 5.75 Å². The molecule has 0 fully saturated rings. The number of carboxylic acid groups (broad SMARTS) is 1. The molecule has 1 unspecified atom stereocenters. The van der Waals surface area contributed by atoms with Crippen molar-refractivity contribution >= 4 is 21.9 Å². The van der Waals surface area contributed by atoms with Crippen molar-refractivity contribution in [1.29, 1.82) is 0 Å². The molecule has 76 valence electrons. The number of hydrogen-bond acceptors (Lipinski definition) is 3. The van der Waals surface area contributed by atoms with Gasteiger partial charge in [-0.15, -0.1) is 0 Å². The number of aryl methyl sites for hydroxylation is 1. The van der Waals surface area contributed by atoms with Gasteiger partial charge in [0, 0.05) is 10.0 Å². The average Bonchev–Trinajstić information content (AvgIpc) is 2.01. The molecule has 4 nitrogen and oxygen atoms in total. The molecule has 1 aromatic carbocycles. The van der Waals surface area contributed by atoms with E-state index in [2.05, 4.69) is 15.9 Å². The van der Waals surface area contributed by atoms with E-state index in [1.54, 1.807) is 13.0 Å². The summed E-state index contributed by atoms with van der Waals surface area (Å²) >= 11 is 3.16. The van der Waals surface area contributed by atoms with Crippen LogP contribution in [0, 0.1) is 6.92 Å². The van der Waals surface area contributed by atoms with Crippen LogP contribution in [0.4, 0.5) is 0 Å². The maximum Gasteiger partial charge on any atom is 0.325 e. The summed E-state index contributed by atoms with van der Waals surface area (Å²) in [5.41, 5.74) is 6.43. The Morgan fingerprint density at radius 3 is 2.57 bits per heavy atom. The molecule has 0 amide bonds. The third-order valence-corrected chi connectivity index (χ3v) is 2.49. The van der Waals surface area contributed by atoms with Crippen LogP contribution < -0.4 is 5.73 Å². The molecule has 0 saturated heterocycles. The molecule has 1 aromatic rings. The Morgan fingerprint density at radius 1 is 1.57 bits per heavy atom. The largest absolute Gasteiger partial charge is 0.508 e. The Morgan fingerprint density at radius 2 is 2.14 bits per heavy atom. The van der Waals surface area contributed by atoms with Crippen LogP contribution in [0.3, 0.4) is 0 Å². The standard InChI is InChI=1S/C9H10BrNO3/c1-4-2-5(10)7(6(12)3-4)8(11)9(13)14/h2-3,8,12H,11H2,1H3,(H,13,14). The van der Waals surface area contributed by atoms with Crippen LogP contribution in [0.15, 0.2) is 16.6 Å². The molecule has 0 aliphatic carbocycles. The highest BCUT2D eigenvalue weighted by atomic mass is 79.9. The molecule has 0 aliphatic heterocycles. The normalized spacial score (nSPS) is 12.5. The van der Waals surface area contributed by atoms with E-state index in [9.17, 15) is 9.90 Å². The topological polar surface area (TPSA) is 83.5 Å². The van der Waals surface area contributed by atoms with Gasteiger partial charge in [-0.3, -0.25) is 4.79 Å². The molecule has 1 rings (SSSR count). The van der Waals surface area contributed by atoms with Crippen molar-refractivity contribution in [2.45, 2.75) is 13.0 Å². The second-order valence-electron chi connectivity index (χ2n) is 3.00. The molecule has 0 radical (unpaired) electrons.